The van der Waals surface area contributed by atoms with Gasteiger partial charge in [0.1, 0.15) is 11.3 Å². The summed E-state index contributed by atoms with van der Waals surface area (Å²) in [5.41, 5.74) is 1.11. The van der Waals surface area contributed by atoms with Gasteiger partial charge in [0.15, 0.2) is 11.5 Å². The summed E-state index contributed by atoms with van der Waals surface area (Å²) < 4.78 is 54.7. The predicted molar refractivity (Wildman–Crippen MR) is 142 cm³/mol. The Labute approximate surface area is 227 Å². The molecule has 0 aliphatic heterocycles. The molecule has 2 aromatic heterocycles. The van der Waals surface area contributed by atoms with E-state index >= 15 is 0 Å². The monoisotopic (exact) mass is 556 g/mol. The van der Waals surface area contributed by atoms with Crippen molar-refractivity contribution >= 4 is 28.9 Å². The summed E-state index contributed by atoms with van der Waals surface area (Å²) in [5.74, 6) is -1.12. The van der Waals surface area contributed by atoms with Crippen LogP contribution in [-0.2, 0) is 12.7 Å². The normalized spacial score (nSPS) is 15.4. The number of benzene rings is 2. The molecule has 1 fully saturated rings. The minimum absolute atomic E-state index is 0.00235. The van der Waals surface area contributed by atoms with Crippen LogP contribution in [-0.4, -0.2) is 36.6 Å². The largest absolute Gasteiger partial charge is 0.475 e. The van der Waals surface area contributed by atoms with Gasteiger partial charge in [-0.25, -0.2) is 19.2 Å². The minimum atomic E-state index is -4.46. The molecule has 5 rings (SSSR count). The van der Waals surface area contributed by atoms with Crippen molar-refractivity contribution in [1.29, 1.82) is 0 Å². The van der Waals surface area contributed by atoms with Gasteiger partial charge in [-0.15, -0.1) is 0 Å². The van der Waals surface area contributed by atoms with Gasteiger partial charge < -0.3 is 20.3 Å². The average molecular weight is 557 g/mol. The lowest BCUT2D eigenvalue weighted by Gasteiger charge is -2.32. The van der Waals surface area contributed by atoms with Gasteiger partial charge in [-0.1, -0.05) is 30.7 Å². The number of hydrogen-bond donors (Lipinski definition) is 3. The molecule has 0 spiro atoms. The summed E-state index contributed by atoms with van der Waals surface area (Å²) in [6.07, 6.45) is -1.26. The summed E-state index contributed by atoms with van der Waals surface area (Å²) in [6, 6.07) is 10.4. The predicted octanol–water partition coefficient (Wildman–Crippen LogP) is 6.50. The molecule has 4 aromatic rings. The van der Waals surface area contributed by atoms with Gasteiger partial charge in [-0.05, 0) is 68.0 Å². The third-order valence-electron chi connectivity index (χ3n) is 7.35. The van der Waals surface area contributed by atoms with Crippen LogP contribution < -0.4 is 10.6 Å². The first-order valence-corrected chi connectivity index (χ1v) is 13.0. The topological polar surface area (TPSA) is 105 Å². The molecule has 0 saturated heterocycles. The van der Waals surface area contributed by atoms with Crippen LogP contribution in [0.3, 0.4) is 0 Å². The maximum Gasteiger partial charge on any atom is 0.416 e. The Morgan fingerprint density at radius 2 is 1.70 bits per heavy atom. The van der Waals surface area contributed by atoms with E-state index in [-0.39, 0.29) is 35.9 Å². The molecule has 12 heteroatoms. The number of nitrogens with zero attached hydrogens (tertiary/aromatic N) is 4. The second kappa shape index (κ2) is 10.7. The van der Waals surface area contributed by atoms with Crippen molar-refractivity contribution in [3.8, 4) is 0 Å². The number of imidazole rings is 1. The number of aromatic carboxylic acids is 1. The van der Waals surface area contributed by atoms with Gasteiger partial charge in [0, 0.05) is 6.04 Å². The van der Waals surface area contributed by atoms with Crippen LogP contribution >= 0.6 is 0 Å². The highest BCUT2D eigenvalue weighted by molar-refractivity contribution is 5.91. The lowest BCUT2D eigenvalue weighted by Crippen LogP contribution is -2.31. The van der Waals surface area contributed by atoms with Crippen molar-refractivity contribution in [1.82, 2.24) is 19.5 Å². The Kier molecular flexibility index (Phi) is 7.35. The van der Waals surface area contributed by atoms with Crippen molar-refractivity contribution < 1.29 is 27.5 Å². The van der Waals surface area contributed by atoms with E-state index < -0.39 is 23.5 Å². The number of carboxylic acid groups (broad SMARTS) is 1. The summed E-state index contributed by atoms with van der Waals surface area (Å²) in [7, 11) is 0. The highest BCUT2D eigenvalue weighted by Gasteiger charge is 2.30. The van der Waals surface area contributed by atoms with Crippen LogP contribution in [0.2, 0.25) is 0 Å². The summed E-state index contributed by atoms with van der Waals surface area (Å²) in [4.78, 5) is 24.9. The number of aromatic nitrogens is 4. The summed E-state index contributed by atoms with van der Waals surface area (Å²) in [6.45, 7) is 3.96. The van der Waals surface area contributed by atoms with E-state index in [1.165, 1.54) is 24.3 Å². The fourth-order valence-electron chi connectivity index (χ4n) is 4.78. The second-order valence-electron chi connectivity index (χ2n) is 10.1. The van der Waals surface area contributed by atoms with E-state index in [2.05, 4.69) is 25.6 Å². The van der Waals surface area contributed by atoms with Crippen molar-refractivity contribution in [2.75, 3.05) is 10.6 Å². The maximum atomic E-state index is 13.5. The Hall–Kier alpha value is -4.22. The zero-order valence-electron chi connectivity index (χ0n) is 21.8. The van der Waals surface area contributed by atoms with Gasteiger partial charge >= 0.3 is 12.1 Å². The number of fused-ring (bicyclic) bond motifs is 1. The average Bonchev–Trinajstić information content (AvgIpc) is 3.19. The summed E-state index contributed by atoms with van der Waals surface area (Å²) >= 11 is 0. The quantitative estimate of drug-likeness (QED) is 0.202. The van der Waals surface area contributed by atoms with Gasteiger partial charge in [0.25, 0.3) is 0 Å². The van der Waals surface area contributed by atoms with Crippen LogP contribution in [0.4, 0.5) is 29.3 Å². The Bertz CT molecular complexity index is 1520. The van der Waals surface area contributed by atoms with E-state index in [0.29, 0.717) is 22.9 Å². The molecular formula is C28H28F4N6O2. The molecule has 2 atom stereocenters. The third-order valence-corrected chi connectivity index (χ3v) is 7.35. The molecule has 8 nitrogen and oxygen atoms in total. The molecule has 3 N–H and O–H groups in total. The van der Waals surface area contributed by atoms with Gasteiger partial charge in [0.2, 0.25) is 11.8 Å². The Balaban J connectivity index is 1.60. The molecule has 0 bridgehead atoms. The first-order chi connectivity index (χ1) is 19.0. The minimum Gasteiger partial charge on any atom is -0.475 e. The van der Waals surface area contributed by atoms with Crippen molar-refractivity contribution in [2.24, 2.45) is 5.92 Å². The van der Waals surface area contributed by atoms with Crippen LogP contribution in [0.5, 0.6) is 0 Å². The van der Waals surface area contributed by atoms with E-state index in [4.69, 9.17) is 0 Å². The first kappa shape index (κ1) is 27.4. The zero-order valence-corrected chi connectivity index (χ0v) is 21.8. The van der Waals surface area contributed by atoms with E-state index in [1.54, 1.807) is 16.7 Å². The Morgan fingerprint density at radius 1 is 1.02 bits per heavy atom. The number of hydrogen-bond acceptors (Lipinski definition) is 6. The molecule has 1 aliphatic rings. The molecule has 2 aromatic carbocycles. The molecule has 2 heterocycles. The molecule has 1 saturated carbocycles. The zero-order chi connectivity index (χ0) is 28.6. The molecule has 40 heavy (non-hydrogen) atoms. The lowest BCUT2D eigenvalue weighted by molar-refractivity contribution is -0.137. The van der Waals surface area contributed by atoms with Crippen LogP contribution in [0.1, 0.15) is 66.5 Å². The fourth-order valence-corrected chi connectivity index (χ4v) is 4.78. The number of rotatable bonds is 9. The van der Waals surface area contributed by atoms with E-state index in [0.717, 1.165) is 37.0 Å². The lowest BCUT2D eigenvalue weighted by atomic mass is 9.80. The highest BCUT2D eigenvalue weighted by atomic mass is 19.4. The van der Waals surface area contributed by atoms with E-state index in [9.17, 15) is 27.5 Å². The molecular weight excluding hydrogens is 528 g/mol. The van der Waals surface area contributed by atoms with Crippen LogP contribution in [0.15, 0.2) is 48.5 Å². The molecule has 0 unspecified atom stereocenters. The SMILES string of the molecule is C[C@H](Nc1nc2nc(C(=O)O)nc(N[C@H](C)C3CCC3)c2n1Cc1ccc(C(F)(F)F)cc1)c1ccc(F)cc1. The molecule has 210 valence electrons. The smallest absolute Gasteiger partial charge is 0.416 e. The van der Waals surface area contributed by atoms with Crippen molar-refractivity contribution in [2.45, 2.75) is 57.9 Å². The van der Waals surface area contributed by atoms with Gasteiger partial charge in [-0.2, -0.15) is 18.2 Å². The number of alkyl halides is 3. The van der Waals surface area contributed by atoms with Crippen LogP contribution in [0.25, 0.3) is 11.2 Å². The standard InChI is InChI=1S/C28H28F4N6O2/c1-15(18-4-3-5-18)33-23-22-24(36-25(35-23)26(39)40)37-27(34-16(2)19-8-12-21(29)13-9-19)38(22)14-17-6-10-20(11-7-17)28(30,31)32/h6-13,15-16,18H,3-5,14H2,1-2H3,(H,39,40)(H2,33,34,35,36,37)/t15-,16+/m1/s1. The summed E-state index contributed by atoms with van der Waals surface area (Å²) in [5, 5.41) is 16.3. The van der Waals surface area contributed by atoms with Crippen LogP contribution in [0, 0.1) is 11.7 Å². The molecule has 0 amide bonds. The molecule has 1 aliphatic carbocycles. The fraction of sp³-hybridized carbons (Fsp3) is 0.357. The number of halogens is 4. The second-order valence-corrected chi connectivity index (χ2v) is 10.1. The van der Waals surface area contributed by atoms with Crippen molar-refractivity contribution in [3.05, 3.63) is 76.9 Å². The molecule has 0 radical (unpaired) electrons. The third kappa shape index (κ3) is 5.70. The highest BCUT2D eigenvalue weighted by Crippen LogP contribution is 2.34. The van der Waals surface area contributed by atoms with Gasteiger partial charge in [0.05, 0.1) is 18.2 Å². The number of carbonyl (C=O) groups is 1. The van der Waals surface area contributed by atoms with Crippen molar-refractivity contribution in [3.63, 3.8) is 0 Å². The first-order valence-electron chi connectivity index (χ1n) is 13.0. The maximum absolute atomic E-state index is 13.5. The number of anilines is 2. The van der Waals surface area contributed by atoms with E-state index in [1.807, 2.05) is 13.8 Å². The number of nitrogens with one attached hydrogen (secondary N) is 2. The van der Waals surface area contributed by atoms with Gasteiger partial charge in [-0.3, -0.25) is 0 Å². The Morgan fingerprint density at radius 3 is 2.27 bits per heavy atom. The number of carboxylic acids is 1.